The van der Waals surface area contributed by atoms with E-state index in [1.807, 2.05) is 0 Å². The first kappa shape index (κ1) is 7.98. The zero-order chi connectivity index (χ0) is 8.10. The van der Waals surface area contributed by atoms with Crippen molar-refractivity contribution >= 4 is 0 Å². The van der Waals surface area contributed by atoms with Crippen LogP contribution in [0.1, 0.15) is 13.8 Å². The number of aromatic nitrogens is 2. The number of rotatable bonds is 3. The van der Waals surface area contributed by atoms with E-state index in [0.717, 1.165) is 0 Å². The first-order valence-corrected chi connectivity index (χ1v) is 3.60. The summed E-state index contributed by atoms with van der Waals surface area (Å²) in [5.41, 5.74) is 0. The molecule has 3 heteroatoms. The van der Waals surface area contributed by atoms with Crippen LogP contribution < -0.4 is 4.74 Å². The molecule has 1 aromatic heterocycles. The topological polar surface area (TPSA) is 35.0 Å². The van der Waals surface area contributed by atoms with Gasteiger partial charge in [-0.3, -0.25) is 0 Å². The highest BCUT2D eigenvalue weighted by atomic mass is 16.5. The summed E-state index contributed by atoms with van der Waals surface area (Å²) in [5.74, 6) is 1.08. The van der Waals surface area contributed by atoms with Crippen LogP contribution in [0, 0.1) is 12.1 Å². The molecule has 11 heavy (non-hydrogen) atoms. The van der Waals surface area contributed by atoms with Crippen molar-refractivity contribution in [3.63, 3.8) is 0 Å². The maximum Gasteiger partial charge on any atom is 0.232 e. The molecule has 0 aliphatic carbocycles. The second-order valence-electron chi connectivity index (χ2n) is 2.69. The van der Waals surface area contributed by atoms with Crippen molar-refractivity contribution in [2.45, 2.75) is 13.8 Å². The van der Waals surface area contributed by atoms with E-state index in [0.29, 0.717) is 18.4 Å². The van der Waals surface area contributed by atoms with Crippen LogP contribution in [0.15, 0.2) is 12.4 Å². The van der Waals surface area contributed by atoms with Crippen LogP contribution in [0.3, 0.4) is 0 Å². The average molecular weight is 151 g/mol. The lowest BCUT2D eigenvalue weighted by Gasteiger charge is -2.05. The van der Waals surface area contributed by atoms with Gasteiger partial charge in [-0.1, -0.05) is 13.8 Å². The Morgan fingerprint density at radius 1 is 1.64 bits per heavy atom. The molecule has 0 bridgehead atoms. The fourth-order valence-corrected chi connectivity index (χ4v) is 0.578. The van der Waals surface area contributed by atoms with Gasteiger partial charge in [-0.05, 0) is 5.92 Å². The summed E-state index contributed by atoms with van der Waals surface area (Å²) in [7, 11) is 0. The third-order valence-corrected chi connectivity index (χ3v) is 1.06. The molecule has 3 nitrogen and oxygen atoms in total. The minimum Gasteiger partial charge on any atom is -0.476 e. The minimum absolute atomic E-state index is 0.515. The largest absolute Gasteiger partial charge is 0.476 e. The molecule has 59 valence electrons. The molecule has 1 aromatic rings. The third-order valence-electron chi connectivity index (χ3n) is 1.06. The Morgan fingerprint density at radius 3 is 3.00 bits per heavy atom. The highest BCUT2D eigenvalue weighted by Crippen LogP contribution is 2.02. The van der Waals surface area contributed by atoms with Crippen LogP contribution in [0.4, 0.5) is 0 Å². The Labute approximate surface area is 66.4 Å². The smallest absolute Gasteiger partial charge is 0.232 e. The molecule has 0 unspecified atom stereocenters. The molecule has 0 aliphatic rings. The number of hydrogen-bond acceptors (Lipinski definition) is 3. The van der Waals surface area contributed by atoms with Gasteiger partial charge in [0, 0.05) is 0 Å². The summed E-state index contributed by atoms with van der Waals surface area (Å²) >= 11 is 0. The molecule has 0 aromatic carbocycles. The van der Waals surface area contributed by atoms with Crippen LogP contribution in [0.5, 0.6) is 5.88 Å². The molecule has 1 heterocycles. The van der Waals surface area contributed by atoms with Gasteiger partial charge in [0.25, 0.3) is 0 Å². The molecule has 0 N–H and O–H groups in total. The third kappa shape index (κ3) is 2.98. The molecular formula is C8H11N2O. The van der Waals surface area contributed by atoms with Crippen molar-refractivity contribution in [1.29, 1.82) is 0 Å². The SMILES string of the molecule is CC(C)COc1cn[c]cn1. The van der Waals surface area contributed by atoms with Crippen molar-refractivity contribution in [3.8, 4) is 5.88 Å². The van der Waals surface area contributed by atoms with Gasteiger partial charge in [0.2, 0.25) is 5.88 Å². The highest BCUT2D eigenvalue weighted by molar-refractivity contribution is 5.00. The Kier molecular flexibility index (Phi) is 2.83. The molecule has 0 aliphatic heterocycles. The monoisotopic (exact) mass is 151 g/mol. The first-order chi connectivity index (χ1) is 5.29. The Balaban J connectivity index is 2.39. The Hall–Kier alpha value is -1.12. The molecule has 1 radical (unpaired) electrons. The van der Waals surface area contributed by atoms with Crippen molar-refractivity contribution < 1.29 is 4.74 Å². The molecule has 0 saturated carbocycles. The summed E-state index contributed by atoms with van der Waals surface area (Å²) in [4.78, 5) is 7.66. The second-order valence-corrected chi connectivity index (χ2v) is 2.69. The van der Waals surface area contributed by atoms with E-state index in [1.54, 1.807) is 6.20 Å². The number of nitrogens with zero attached hydrogens (tertiary/aromatic N) is 2. The Bertz CT molecular complexity index is 199. The van der Waals surface area contributed by atoms with Crippen molar-refractivity contribution in [2.24, 2.45) is 5.92 Å². The fourth-order valence-electron chi connectivity index (χ4n) is 0.578. The van der Waals surface area contributed by atoms with Gasteiger partial charge in [-0.15, -0.1) is 0 Å². The average Bonchev–Trinajstić information content (AvgIpc) is 2.03. The minimum atomic E-state index is 0.515. The van der Waals surface area contributed by atoms with E-state index in [4.69, 9.17) is 4.74 Å². The zero-order valence-corrected chi connectivity index (χ0v) is 6.74. The van der Waals surface area contributed by atoms with E-state index in [-0.39, 0.29) is 0 Å². The number of ether oxygens (including phenoxy) is 1. The van der Waals surface area contributed by atoms with E-state index in [2.05, 4.69) is 30.0 Å². The summed E-state index contributed by atoms with van der Waals surface area (Å²) in [6.45, 7) is 4.85. The van der Waals surface area contributed by atoms with Gasteiger partial charge in [0.05, 0.1) is 19.0 Å². The lowest BCUT2D eigenvalue weighted by molar-refractivity contribution is 0.260. The van der Waals surface area contributed by atoms with E-state index >= 15 is 0 Å². The summed E-state index contributed by atoms with van der Waals surface area (Å²) in [6.07, 6.45) is 5.63. The van der Waals surface area contributed by atoms with Gasteiger partial charge >= 0.3 is 0 Å². The van der Waals surface area contributed by atoms with Gasteiger partial charge in [-0.2, -0.15) is 0 Å². The van der Waals surface area contributed by atoms with E-state index in [9.17, 15) is 0 Å². The van der Waals surface area contributed by atoms with Crippen LogP contribution in [-0.4, -0.2) is 16.6 Å². The van der Waals surface area contributed by atoms with Gasteiger partial charge in [-0.25, -0.2) is 9.97 Å². The van der Waals surface area contributed by atoms with Gasteiger partial charge in [0.15, 0.2) is 0 Å². The molecule has 0 amide bonds. The van der Waals surface area contributed by atoms with E-state index in [1.165, 1.54) is 6.20 Å². The predicted molar refractivity (Wildman–Crippen MR) is 41.2 cm³/mol. The molecular weight excluding hydrogens is 140 g/mol. The predicted octanol–water partition coefficient (Wildman–Crippen LogP) is 1.31. The van der Waals surface area contributed by atoms with Crippen molar-refractivity contribution in [3.05, 3.63) is 18.6 Å². The second kappa shape index (κ2) is 3.91. The van der Waals surface area contributed by atoms with Crippen LogP contribution in [-0.2, 0) is 0 Å². The maximum absolute atomic E-state index is 5.27. The first-order valence-electron chi connectivity index (χ1n) is 3.60. The molecule has 0 spiro atoms. The Morgan fingerprint density at radius 2 is 2.45 bits per heavy atom. The van der Waals surface area contributed by atoms with Crippen LogP contribution >= 0.6 is 0 Å². The lowest BCUT2D eigenvalue weighted by Crippen LogP contribution is -2.05. The molecule has 0 saturated heterocycles. The quantitative estimate of drug-likeness (QED) is 0.653. The molecule has 1 rings (SSSR count). The zero-order valence-electron chi connectivity index (χ0n) is 6.74. The molecule has 0 fully saturated rings. The number of hydrogen-bond donors (Lipinski definition) is 0. The van der Waals surface area contributed by atoms with Crippen molar-refractivity contribution in [1.82, 2.24) is 9.97 Å². The standard InChI is InChI=1S/C8H11N2O/c1-7(2)6-11-8-5-9-3-4-10-8/h4-5,7H,6H2,1-2H3. The van der Waals surface area contributed by atoms with Gasteiger partial charge < -0.3 is 4.74 Å². The van der Waals surface area contributed by atoms with Gasteiger partial charge in [0.1, 0.15) is 6.20 Å². The van der Waals surface area contributed by atoms with Crippen molar-refractivity contribution in [2.75, 3.05) is 6.61 Å². The maximum atomic E-state index is 5.27. The summed E-state index contributed by atoms with van der Waals surface area (Å²) in [6, 6.07) is 0. The lowest BCUT2D eigenvalue weighted by atomic mass is 10.2. The summed E-state index contributed by atoms with van der Waals surface area (Å²) in [5, 5.41) is 0. The molecule has 0 atom stereocenters. The normalized spacial score (nSPS) is 10.1. The van der Waals surface area contributed by atoms with E-state index < -0.39 is 0 Å². The highest BCUT2D eigenvalue weighted by Gasteiger charge is 1.96. The fraction of sp³-hybridized carbons (Fsp3) is 0.500. The van der Waals surface area contributed by atoms with Crippen LogP contribution in [0.25, 0.3) is 0 Å². The van der Waals surface area contributed by atoms with Crippen LogP contribution in [0.2, 0.25) is 0 Å². The summed E-state index contributed by atoms with van der Waals surface area (Å²) < 4.78 is 5.27.